The highest BCUT2D eigenvalue weighted by Gasteiger charge is 2.36. The van der Waals surface area contributed by atoms with Crippen LogP contribution in [-0.2, 0) is 6.18 Å². The summed E-state index contributed by atoms with van der Waals surface area (Å²) in [5.74, 6) is -0.770. The van der Waals surface area contributed by atoms with Gasteiger partial charge in [0.2, 0.25) is 0 Å². The molecule has 1 aliphatic rings. The van der Waals surface area contributed by atoms with Crippen LogP contribution >= 0.6 is 11.6 Å². The highest BCUT2D eigenvalue weighted by Crippen LogP contribution is 2.36. The zero-order chi connectivity index (χ0) is 23.4. The summed E-state index contributed by atoms with van der Waals surface area (Å²) in [5.41, 5.74) is 0.710. The summed E-state index contributed by atoms with van der Waals surface area (Å²) in [5, 5.41) is 5.56. The molecule has 1 fully saturated rings. The number of hydrogen-bond acceptors (Lipinski definition) is 5. The van der Waals surface area contributed by atoms with Crippen molar-refractivity contribution in [3.05, 3.63) is 77.0 Å². The molecular formula is C23H21ClF3N5O. The molecule has 6 nitrogen and oxygen atoms in total. The van der Waals surface area contributed by atoms with E-state index in [0.29, 0.717) is 5.69 Å². The second-order valence-electron chi connectivity index (χ2n) is 7.74. The molecule has 4 rings (SSSR count). The number of nitrogens with zero attached hydrogens (tertiary/aromatic N) is 3. The van der Waals surface area contributed by atoms with E-state index >= 15 is 0 Å². The summed E-state index contributed by atoms with van der Waals surface area (Å²) < 4.78 is 39.8. The van der Waals surface area contributed by atoms with Crippen LogP contribution in [0.3, 0.4) is 0 Å². The van der Waals surface area contributed by atoms with Gasteiger partial charge in [-0.3, -0.25) is 14.8 Å². The molecule has 0 bridgehead atoms. The van der Waals surface area contributed by atoms with Crippen LogP contribution in [0.15, 0.2) is 55.1 Å². The number of amides is 1. The lowest BCUT2D eigenvalue weighted by atomic mass is 9.91. The lowest BCUT2D eigenvalue weighted by Gasteiger charge is -2.32. The summed E-state index contributed by atoms with van der Waals surface area (Å²) in [6.45, 7) is 0.781. The zero-order valence-electron chi connectivity index (χ0n) is 17.4. The molecule has 2 aromatic heterocycles. The van der Waals surface area contributed by atoms with E-state index in [1.54, 1.807) is 18.6 Å². The van der Waals surface area contributed by atoms with Crippen LogP contribution in [0.25, 0.3) is 11.3 Å². The topological polar surface area (TPSA) is 79.8 Å². The van der Waals surface area contributed by atoms with Gasteiger partial charge in [0.1, 0.15) is 5.69 Å². The molecule has 1 unspecified atom stereocenters. The van der Waals surface area contributed by atoms with Crippen molar-refractivity contribution in [1.29, 1.82) is 0 Å². The average molecular weight is 476 g/mol. The summed E-state index contributed by atoms with van der Waals surface area (Å²) in [6.07, 6.45) is 3.83. The second-order valence-corrected chi connectivity index (χ2v) is 8.12. The molecule has 1 aromatic carbocycles. The number of aromatic nitrogens is 3. The van der Waals surface area contributed by atoms with Crippen molar-refractivity contribution in [2.75, 3.05) is 6.54 Å². The average Bonchev–Trinajstić information content (AvgIpc) is 2.83. The van der Waals surface area contributed by atoms with E-state index in [0.717, 1.165) is 49.2 Å². The molecule has 3 aromatic rings. The Morgan fingerprint density at radius 3 is 2.70 bits per heavy atom. The van der Waals surface area contributed by atoms with Crippen molar-refractivity contribution in [3.8, 4) is 11.3 Å². The Morgan fingerprint density at radius 1 is 1.15 bits per heavy atom. The van der Waals surface area contributed by atoms with E-state index < -0.39 is 34.4 Å². The number of rotatable bonds is 5. The molecule has 0 spiro atoms. The molecule has 0 aliphatic carbocycles. The minimum Gasteiger partial charge on any atom is -0.342 e. The Kier molecular flexibility index (Phi) is 6.90. The third kappa shape index (κ3) is 5.31. The fraction of sp³-hybridized carbons (Fsp3) is 0.304. The minimum absolute atomic E-state index is 0.107. The monoisotopic (exact) mass is 475 g/mol. The van der Waals surface area contributed by atoms with Crippen LogP contribution < -0.4 is 10.6 Å². The first-order chi connectivity index (χ1) is 15.8. The highest BCUT2D eigenvalue weighted by atomic mass is 35.5. The Bertz CT molecular complexity index is 1120. The molecule has 2 N–H and O–H groups in total. The molecule has 1 saturated heterocycles. The molecule has 1 amide bonds. The maximum absolute atomic E-state index is 13.3. The van der Waals surface area contributed by atoms with Crippen molar-refractivity contribution < 1.29 is 18.0 Å². The summed E-state index contributed by atoms with van der Waals surface area (Å²) in [4.78, 5) is 25.3. The SMILES string of the molecule is O=C(N[C@@H](c1cccc(-c2cnccn2)c1)C1CCCCN1)c1nccc(C(F)(F)F)c1Cl. The van der Waals surface area contributed by atoms with Crippen molar-refractivity contribution in [3.63, 3.8) is 0 Å². The molecule has 10 heteroatoms. The summed E-state index contributed by atoms with van der Waals surface area (Å²) in [6, 6.07) is 7.62. The van der Waals surface area contributed by atoms with Gasteiger partial charge in [0.15, 0.2) is 0 Å². The first-order valence-corrected chi connectivity index (χ1v) is 10.8. The number of benzene rings is 1. The van der Waals surface area contributed by atoms with Crippen molar-refractivity contribution in [2.24, 2.45) is 0 Å². The van der Waals surface area contributed by atoms with E-state index in [-0.39, 0.29) is 6.04 Å². The van der Waals surface area contributed by atoms with Crippen molar-refractivity contribution in [2.45, 2.75) is 37.5 Å². The van der Waals surface area contributed by atoms with Crippen molar-refractivity contribution >= 4 is 17.5 Å². The van der Waals surface area contributed by atoms with E-state index in [1.807, 2.05) is 24.3 Å². The van der Waals surface area contributed by atoms with Gasteiger partial charge in [0.05, 0.1) is 28.5 Å². The van der Waals surface area contributed by atoms with Gasteiger partial charge in [-0.15, -0.1) is 0 Å². The van der Waals surface area contributed by atoms with Crippen LogP contribution in [0.2, 0.25) is 5.02 Å². The predicted molar refractivity (Wildman–Crippen MR) is 118 cm³/mol. The van der Waals surface area contributed by atoms with Crippen LogP contribution in [0, 0.1) is 0 Å². The van der Waals surface area contributed by atoms with Crippen LogP contribution in [0.4, 0.5) is 13.2 Å². The van der Waals surface area contributed by atoms with Gasteiger partial charge in [-0.25, -0.2) is 4.98 Å². The van der Waals surface area contributed by atoms with Crippen LogP contribution in [0.5, 0.6) is 0 Å². The molecular weight excluding hydrogens is 455 g/mol. The normalized spacial score (nSPS) is 17.4. The second kappa shape index (κ2) is 9.84. The number of carbonyl (C=O) groups excluding carboxylic acids is 1. The van der Waals surface area contributed by atoms with Crippen LogP contribution in [-0.4, -0.2) is 33.4 Å². The number of pyridine rings is 1. The Labute approximate surface area is 193 Å². The standard InChI is InChI=1S/C23H21ClF3N5O/c24-19-16(23(25,26)27)7-9-31-21(19)22(33)32-20(17-6-1-2-8-29-17)15-5-3-4-14(12-15)18-13-28-10-11-30-18/h3-5,7,9-13,17,20,29H,1-2,6,8H2,(H,32,33)/t17?,20-/m0/s1. The number of halogens is 4. The predicted octanol–water partition coefficient (Wildman–Crippen LogP) is 4.82. The largest absolute Gasteiger partial charge is 0.417 e. The highest BCUT2D eigenvalue weighted by molar-refractivity contribution is 6.34. The first-order valence-electron chi connectivity index (χ1n) is 10.5. The van der Waals surface area contributed by atoms with Gasteiger partial charge in [-0.05, 0) is 37.1 Å². The Hall–Kier alpha value is -3.04. The minimum atomic E-state index is -4.69. The summed E-state index contributed by atoms with van der Waals surface area (Å²) in [7, 11) is 0. The van der Waals surface area contributed by atoms with Crippen molar-refractivity contribution in [1.82, 2.24) is 25.6 Å². The number of carbonyl (C=O) groups is 1. The first kappa shape index (κ1) is 23.1. The molecule has 1 aliphatic heterocycles. The maximum atomic E-state index is 13.3. The number of piperidine rings is 1. The third-order valence-electron chi connectivity index (χ3n) is 5.55. The molecule has 3 heterocycles. The Balaban J connectivity index is 1.68. The van der Waals surface area contributed by atoms with Gasteiger partial charge in [-0.1, -0.05) is 36.2 Å². The Morgan fingerprint density at radius 2 is 2.00 bits per heavy atom. The van der Waals surface area contributed by atoms with Gasteiger partial charge in [-0.2, -0.15) is 13.2 Å². The smallest absolute Gasteiger partial charge is 0.342 e. The lowest BCUT2D eigenvalue weighted by Crippen LogP contribution is -2.46. The van der Waals surface area contributed by atoms with Crippen LogP contribution in [0.1, 0.15) is 46.9 Å². The molecule has 0 saturated carbocycles. The van der Waals surface area contributed by atoms with Gasteiger partial charge < -0.3 is 10.6 Å². The summed E-state index contributed by atoms with van der Waals surface area (Å²) >= 11 is 5.93. The molecule has 172 valence electrons. The zero-order valence-corrected chi connectivity index (χ0v) is 18.2. The number of nitrogens with one attached hydrogen (secondary N) is 2. The maximum Gasteiger partial charge on any atom is 0.417 e. The number of alkyl halides is 3. The lowest BCUT2D eigenvalue weighted by molar-refractivity contribution is -0.137. The van der Waals surface area contributed by atoms with Gasteiger partial charge in [0.25, 0.3) is 5.91 Å². The van der Waals surface area contributed by atoms with Gasteiger partial charge >= 0.3 is 6.18 Å². The molecule has 2 atom stereocenters. The molecule has 0 radical (unpaired) electrons. The van der Waals surface area contributed by atoms with E-state index in [2.05, 4.69) is 25.6 Å². The van der Waals surface area contributed by atoms with E-state index in [4.69, 9.17) is 11.6 Å². The number of hydrogen-bond donors (Lipinski definition) is 2. The van der Waals surface area contributed by atoms with E-state index in [9.17, 15) is 18.0 Å². The van der Waals surface area contributed by atoms with E-state index in [1.165, 1.54) is 0 Å². The quantitative estimate of drug-likeness (QED) is 0.553. The third-order valence-corrected chi connectivity index (χ3v) is 5.93. The fourth-order valence-electron chi connectivity index (χ4n) is 3.95. The fourth-order valence-corrected chi connectivity index (χ4v) is 4.25. The molecule has 33 heavy (non-hydrogen) atoms. The van der Waals surface area contributed by atoms with Gasteiger partial charge in [0, 0.05) is 30.2 Å².